The van der Waals surface area contributed by atoms with Gasteiger partial charge in [-0.2, -0.15) is 0 Å². The number of piperidine rings is 3. The van der Waals surface area contributed by atoms with E-state index in [4.69, 9.17) is 16.6 Å². The maximum absolute atomic E-state index is 12.3. The molecule has 0 aliphatic carbocycles. The van der Waals surface area contributed by atoms with E-state index < -0.39 is 35.5 Å². The predicted octanol–water partition coefficient (Wildman–Crippen LogP) is 1.81. The van der Waals surface area contributed by atoms with Crippen molar-refractivity contribution in [3.8, 4) is 0 Å². The number of carboxylic acid groups (broad SMARTS) is 1. The van der Waals surface area contributed by atoms with E-state index in [0.717, 1.165) is 28.2 Å². The zero-order chi connectivity index (χ0) is 41.8. The molecule has 3 unspecified atom stereocenters. The molecule has 300 valence electrons. The highest BCUT2D eigenvalue weighted by molar-refractivity contribution is 6.13. The average molecular weight is 784 g/mol. The van der Waals surface area contributed by atoms with E-state index in [1.807, 2.05) is 72.5 Å². The number of amides is 7. The molecule has 3 aliphatic heterocycles. The SMILES string of the molecule is CN(C(=O)C1CCC(=O)NC1=O)c1ccccc1N.CNc1ccccc1N.Cn1c(C2CCC(=O)NC2=O)nc2ccccc21.O=C1CCC(C(=O)O)C(=O)N1. The number of benzene rings is 3. The minimum absolute atomic E-state index is 0.111. The molecular formula is C39H45N9O9. The number of para-hydroxylation sites is 6. The Morgan fingerprint density at radius 1 is 0.737 bits per heavy atom. The lowest BCUT2D eigenvalue weighted by Crippen LogP contribution is -2.48. The van der Waals surface area contributed by atoms with Crippen LogP contribution in [0.2, 0.25) is 0 Å². The fourth-order valence-electron chi connectivity index (χ4n) is 6.14. The molecule has 18 heteroatoms. The van der Waals surface area contributed by atoms with Gasteiger partial charge in [-0.15, -0.1) is 0 Å². The number of carboxylic acids is 1. The third-order valence-electron chi connectivity index (χ3n) is 9.31. The molecule has 4 heterocycles. The van der Waals surface area contributed by atoms with Crippen LogP contribution >= 0.6 is 0 Å². The van der Waals surface area contributed by atoms with Crippen molar-refractivity contribution in [1.29, 1.82) is 0 Å². The van der Waals surface area contributed by atoms with E-state index in [1.165, 1.54) is 4.90 Å². The van der Waals surface area contributed by atoms with Crippen LogP contribution in [0.1, 0.15) is 50.3 Å². The Labute approximate surface area is 327 Å². The van der Waals surface area contributed by atoms with Gasteiger partial charge in [0.15, 0.2) is 0 Å². The monoisotopic (exact) mass is 783 g/mol. The zero-order valence-electron chi connectivity index (χ0n) is 31.6. The van der Waals surface area contributed by atoms with Gasteiger partial charge in [-0.3, -0.25) is 54.3 Å². The average Bonchev–Trinajstić information content (AvgIpc) is 3.51. The molecule has 7 amide bonds. The third-order valence-corrected chi connectivity index (χ3v) is 9.31. The fourth-order valence-corrected chi connectivity index (χ4v) is 6.14. The highest BCUT2D eigenvalue weighted by atomic mass is 16.4. The summed E-state index contributed by atoms with van der Waals surface area (Å²) in [5.41, 5.74) is 16.0. The number of imide groups is 3. The summed E-state index contributed by atoms with van der Waals surface area (Å²) in [6.07, 6.45) is 1.55. The lowest BCUT2D eigenvalue weighted by atomic mass is 9.96. The van der Waals surface area contributed by atoms with E-state index in [0.29, 0.717) is 24.2 Å². The van der Waals surface area contributed by atoms with Crippen molar-refractivity contribution in [2.75, 3.05) is 35.8 Å². The number of nitrogen functional groups attached to an aromatic ring is 2. The van der Waals surface area contributed by atoms with Crippen LogP contribution in [0.5, 0.6) is 0 Å². The van der Waals surface area contributed by atoms with Crippen LogP contribution < -0.4 is 37.6 Å². The normalized spacial score (nSPS) is 18.8. The summed E-state index contributed by atoms with van der Waals surface area (Å²) in [4.78, 5) is 95.4. The number of nitrogens with two attached hydrogens (primary N) is 2. The van der Waals surface area contributed by atoms with Crippen LogP contribution in [-0.4, -0.2) is 76.1 Å². The maximum Gasteiger partial charge on any atom is 0.316 e. The predicted molar refractivity (Wildman–Crippen MR) is 210 cm³/mol. The van der Waals surface area contributed by atoms with Gasteiger partial charge in [-0.05, 0) is 55.7 Å². The molecule has 3 aliphatic rings. The number of aryl methyl sites for hydroxylation is 1. The van der Waals surface area contributed by atoms with Crippen molar-refractivity contribution in [1.82, 2.24) is 25.5 Å². The molecule has 0 bridgehead atoms. The molecular weight excluding hydrogens is 738 g/mol. The van der Waals surface area contributed by atoms with Gasteiger partial charge in [0.2, 0.25) is 41.4 Å². The van der Waals surface area contributed by atoms with Crippen molar-refractivity contribution in [3.63, 3.8) is 0 Å². The van der Waals surface area contributed by atoms with Crippen LogP contribution in [0.15, 0.2) is 72.8 Å². The molecule has 57 heavy (non-hydrogen) atoms. The maximum atomic E-state index is 12.3. The number of nitrogens with zero attached hydrogens (tertiary/aromatic N) is 3. The van der Waals surface area contributed by atoms with Gasteiger partial charge in [-0.1, -0.05) is 36.4 Å². The Bertz CT molecular complexity index is 2180. The number of fused-ring (bicyclic) bond motifs is 1. The van der Waals surface area contributed by atoms with Crippen molar-refractivity contribution >= 4 is 81.1 Å². The Hall–Kier alpha value is -7.11. The zero-order valence-corrected chi connectivity index (χ0v) is 31.6. The standard InChI is InChI=1S/C13H15N3O3.C13H13N3O2.C7H10N2.C6H7NO4/c1-16(10-5-3-2-4-9(10)14)13(19)8-6-7-11(17)15-12(8)18;1-16-10-5-3-2-4-9(10)14-12(16)8-6-7-11(17)15-13(8)18;1-9-7-5-3-2-4-6(7)8;8-4-2-1-3(6(10)11)5(9)7-4/h2-5,8H,6-7,14H2,1H3,(H,15,17,18);2-5,8H,6-7H2,1H3,(H,15,17,18);2-5,9H,8H2,1H3;3H,1-2H2,(H,10,11)(H,7,8,9). The summed E-state index contributed by atoms with van der Waals surface area (Å²) in [5.74, 6) is -5.44. The van der Waals surface area contributed by atoms with Crippen molar-refractivity contribution in [3.05, 3.63) is 78.6 Å². The Kier molecular flexibility index (Phi) is 14.6. The van der Waals surface area contributed by atoms with Crippen molar-refractivity contribution in [2.45, 2.75) is 44.4 Å². The largest absolute Gasteiger partial charge is 0.481 e. The van der Waals surface area contributed by atoms with Gasteiger partial charge in [0.1, 0.15) is 17.7 Å². The molecule has 0 spiro atoms. The summed E-state index contributed by atoms with van der Waals surface area (Å²) in [6.45, 7) is 0. The van der Waals surface area contributed by atoms with Gasteiger partial charge in [-0.25, -0.2) is 4.98 Å². The molecule has 18 nitrogen and oxygen atoms in total. The number of anilines is 4. The number of aromatic nitrogens is 2. The van der Waals surface area contributed by atoms with Crippen LogP contribution in [0.3, 0.4) is 0 Å². The van der Waals surface area contributed by atoms with Gasteiger partial charge < -0.3 is 31.4 Å². The topological polar surface area (TPSA) is 278 Å². The first-order chi connectivity index (χ1) is 27.1. The van der Waals surface area contributed by atoms with Crippen LogP contribution in [-0.2, 0) is 45.4 Å². The molecule has 9 N–H and O–H groups in total. The molecule has 3 aromatic carbocycles. The minimum Gasteiger partial charge on any atom is -0.481 e. The van der Waals surface area contributed by atoms with Crippen LogP contribution in [0.25, 0.3) is 11.0 Å². The number of nitrogens with one attached hydrogen (secondary N) is 4. The Balaban J connectivity index is 0.000000176. The van der Waals surface area contributed by atoms with Gasteiger partial charge in [0.25, 0.3) is 0 Å². The number of carbonyl (C=O) groups is 8. The second-order valence-corrected chi connectivity index (χ2v) is 13.2. The van der Waals surface area contributed by atoms with Crippen molar-refractivity contribution in [2.24, 2.45) is 18.9 Å². The van der Waals surface area contributed by atoms with E-state index >= 15 is 0 Å². The number of rotatable bonds is 5. The first kappa shape index (κ1) is 42.6. The first-order valence-electron chi connectivity index (χ1n) is 17.9. The number of hydrogen-bond donors (Lipinski definition) is 7. The van der Waals surface area contributed by atoms with Crippen LogP contribution in [0.4, 0.5) is 22.7 Å². The van der Waals surface area contributed by atoms with E-state index in [-0.39, 0.29) is 55.2 Å². The quantitative estimate of drug-likeness (QED) is 0.0865. The molecule has 4 aromatic rings. The molecule has 3 saturated heterocycles. The summed E-state index contributed by atoms with van der Waals surface area (Å²) in [5, 5.41) is 17.9. The van der Waals surface area contributed by atoms with Crippen molar-refractivity contribution < 1.29 is 43.5 Å². The van der Waals surface area contributed by atoms with Gasteiger partial charge in [0.05, 0.1) is 39.7 Å². The smallest absolute Gasteiger partial charge is 0.316 e. The molecule has 3 atom stereocenters. The summed E-state index contributed by atoms with van der Waals surface area (Å²) in [7, 11) is 5.32. The summed E-state index contributed by atoms with van der Waals surface area (Å²) >= 11 is 0. The molecule has 0 saturated carbocycles. The highest BCUT2D eigenvalue weighted by Gasteiger charge is 2.35. The molecule has 7 rings (SSSR count). The van der Waals surface area contributed by atoms with E-state index in [9.17, 15) is 38.4 Å². The lowest BCUT2D eigenvalue weighted by molar-refractivity contribution is -0.150. The van der Waals surface area contributed by atoms with E-state index in [1.54, 1.807) is 31.3 Å². The second kappa shape index (κ2) is 19.5. The van der Waals surface area contributed by atoms with Gasteiger partial charge >= 0.3 is 5.97 Å². The summed E-state index contributed by atoms with van der Waals surface area (Å²) < 4.78 is 1.93. The third kappa shape index (κ3) is 11.0. The highest BCUT2D eigenvalue weighted by Crippen LogP contribution is 2.27. The fraction of sp³-hybridized carbons (Fsp3) is 0.308. The minimum atomic E-state index is -1.17. The Morgan fingerprint density at radius 3 is 1.75 bits per heavy atom. The first-order valence-corrected chi connectivity index (χ1v) is 17.9. The second-order valence-electron chi connectivity index (χ2n) is 13.2. The Morgan fingerprint density at radius 2 is 1.25 bits per heavy atom. The van der Waals surface area contributed by atoms with E-state index in [2.05, 4.69) is 20.9 Å². The molecule has 0 radical (unpaired) electrons. The number of carbonyl (C=O) groups excluding carboxylic acids is 7. The number of aliphatic carboxylic acids is 1. The van der Waals surface area contributed by atoms with Gasteiger partial charge in [0, 0.05) is 40.4 Å². The van der Waals surface area contributed by atoms with Crippen LogP contribution in [0, 0.1) is 11.8 Å². The number of hydrogen-bond acceptors (Lipinski definition) is 12. The molecule has 3 fully saturated rings. The summed E-state index contributed by atoms with van der Waals surface area (Å²) in [6, 6.07) is 22.3. The lowest BCUT2D eigenvalue weighted by Gasteiger charge is -2.26. The number of imidazole rings is 1. The molecule has 1 aromatic heterocycles.